The second-order valence-electron chi connectivity index (χ2n) is 12.5. The first kappa shape index (κ1) is 25.3. The maximum atomic E-state index is 14.9. The number of benzene rings is 1. The van der Waals surface area contributed by atoms with Crippen molar-refractivity contribution in [2.45, 2.75) is 74.7 Å². The number of aromatic nitrogens is 2. The SMILES string of the molecule is CN(C)[C@H]1C[C@@]23CC[C@@]4(O2)C(=C(C(F)(F)F)C[C@]2(C)C(c5ccc6[nH]nc(N)c6c5)=CCC24)C=C3[C@@H](O)[C@@H]1O. The molecule has 7 rings (SSSR count). The van der Waals surface area contributed by atoms with E-state index in [1.807, 2.05) is 44.1 Å². The van der Waals surface area contributed by atoms with Gasteiger partial charge in [0, 0.05) is 28.3 Å². The Morgan fingerprint density at radius 3 is 2.69 bits per heavy atom. The Kier molecular flexibility index (Phi) is 5.03. The fraction of sp³-hybridized carbons (Fsp3) is 0.552. The normalized spacial score (nSPS) is 39.5. The Balaban J connectivity index is 1.40. The molecule has 1 aromatic heterocycles. The van der Waals surface area contributed by atoms with Crippen LogP contribution in [0.4, 0.5) is 19.0 Å². The molecule has 5 aliphatic rings. The lowest BCUT2D eigenvalue weighted by atomic mass is 9.56. The first-order chi connectivity index (χ1) is 18.3. The van der Waals surface area contributed by atoms with E-state index in [-0.39, 0.29) is 24.0 Å². The molecule has 0 amide bonds. The van der Waals surface area contributed by atoms with Gasteiger partial charge in [-0.3, -0.25) is 5.10 Å². The average molecular weight is 543 g/mol. The van der Waals surface area contributed by atoms with Gasteiger partial charge in [0.2, 0.25) is 0 Å². The summed E-state index contributed by atoms with van der Waals surface area (Å²) in [6.45, 7) is 1.94. The van der Waals surface area contributed by atoms with Crippen LogP contribution in [0.3, 0.4) is 0 Å². The number of nitrogens with one attached hydrogen (secondary N) is 1. The number of alkyl halides is 3. The number of hydrogen-bond acceptors (Lipinski definition) is 6. The Labute approximate surface area is 224 Å². The van der Waals surface area contributed by atoms with Gasteiger partial charge in [0.05, 0.1) is 22.8 Å². The highest BCUT2D eigenvalue weighted by Crippen LogP contribution is 2.70. The highest BCUT2D eigenvalue weighted by Gasteiger charge is 2.69. The summed E-state index contributed by atoms with van der Waals surface area (Å²) in [6.07, 6.45) is -1.61. The van der Waals surface area contributed by atoms with Crippen LogP contribution in [0.15, 0.2) is 47.1 Å². The van der Waals surface area contributed by atoms with Gasteiger partial charge in [-0.1, -0.05) is 25.1 Å². The molecule has 3 heterocycles. The number of nitrogens with two attached hydrogens (primary N) is 1. The standard InChI is InChI=1S/C29H33F3N4O3/c1-26-12-19(29(30,31)32)17-11-18-23(37)24(38)21(36(2)3)13-27(18)8-9-28(17,39-27)22(26)7-5-16(26)14-4-6-20-15(10-14)25(33)35-34-20/h4-6,10-11,21-24,37-38H,7-9,12-13H2,1-3H3,(H3,33,34,35)/t21-,22?,23+,24+,26+,27+,28+/m0/s1. The number of halogens is 3. The topological polar surface area (TPSA) is 108 Å². The van der Waals surface area contributed by atoms with Crippen LogP contribution in [0.25, 0.3) is 16.5 Å². The summed E-state index contributed by atoms with van der Waals surface area (Å²) < 4.78 is 51.5. The van der Waals surface area contributed by atoms with E-state index < -0.39 is 40.6 Å². The number of aromatic amines is 1. The molecule has 10 heteroatoms. The molecular formula is C29H33F3N4O3. The fourth-order valence-corrected chi connectivity index (χ4v) is 8.58. The van der Waals surface area contributed by atoms with Crippen LogP contribution in [0, 0.1) is 11.3 Å². The molecule has 7 atom stereocenters. The molecule has 1 saturated heterocycles. The van der Waals surface area contributed by atoms with Gasteiger partial charge in [0.25, 0.3) is 0 Å². The van der Waals surface area contributed by atoms with Gasteiger partial charge in [-0.05, 0) is 80.6 Å². The zero-order valence-electron chi connectivity index (χ0n) is 22.1. The number of fused-ring (bicyclic) bond motifs is 2. The highest BCUT2D eigenvalue weighted by molar-refractivity contribution is 5.92. The lowest BCUT2D eigenvalue weighted by Gasteiger charge is -2.57. The molecule has 3 aliphatic carbocycles. The second kappa shape index (κ2) is 7.75. The molecule has 0 radical (unpaired) electrons. The van der Waals surface area contributed by atoms with Crippen LogP contribution in [0.2, 0.25) is 0 Å². The zero-order chi connectivity index (χ0) is 27.7. The summed E-state index contributed by atoms with van der Waals surface area (Å²) in [4.78, 5) is 1.86. The number of nitrogen functional groups attached to an aromatic ring is 1. The van der Waals surface area contributed by atoms with Gasteiger partial charge < -0.3 is 25.6 Å². The van der Waals surface area contributed by atoms with E-state index in [4.69, 9.17) is 10.5 Å². The molecule has 2 fully saturated rings. The molecule has 7 nitrogen and oxygen atoms in total. The fourth-order valence-electron chi connectivity index (χ4n) is 8.58. The molecule has 1 aromatic carbocycles. The van der Waals surface area contributed by atoms with E-state index in [1.165, 1.54) is 0 Å². The molecule has 39 heavy (non-hydrogen) atoms. The van der Waals surface area contributed by atoms with E-state index in [1.54, 1.807) is 6.08 Å². The van der Waals surface area contributed by atoms with Gasteiger partial charge >= 0.3 is 6.18 Å². The van der Waals surface area contributed by atoms with Gasteiger partial charge in [-0.15, -0.1) is 0 Å². The molecule has 2 spiro atoms. The van der Waals surface area contributed by atoms with E-state index in [2.05, 4.69) is 16.3 Å². The van der Waals surface area contributed by atoms with E-state index >= 15 is 0 Å². The Bertz CT molecular complexity index is 1490. The summed E-state index contributed by atoms with van der Waals surface area (Å²) in [6, 6.07) is 5.32. The van der Waals surface area contributed by atoms with Crippen LogP contribution in [-0.2, 0) is 4.74 Å². The predicted molar refractivity (Wildman–Crippen MR) is 140 cm³/mol. The average Bonchev–Trinajstić information content (AvgIpc) is 3.52. The Morgan fingerprint density at radius 2 is 1.97 bits per heavy atom. The molecule has 2 aliphatic heterocycles. The Hall–Kier alpha value is -2.66. The highest BCUT2D eigenvalue weighted by atomic mass is 19.4. The third-order valence-electron chi connectivity index (χ3n) is 10.4. The van der Waals surface area contributed by atoms with Crippen molar-refractivity contribution in [1.29, 1.82) is 0 Å². The number of aliphatic hydroxyl groups is 2. The number of anilines is 1. The molecule has 2 bridgehead atoms. The summed E-state index contributed by atoms with van der Waals surface area (Å²) in [7, 11) is 3.67. The smallest absolute Gasteiger partial charge is 0.388 e. The van der Waals surface area contributed by atoms with Crippen LogP contribution in [-0.4, -0.2) is 75.0 Å². The third-order valence-corrected chi connectivity index (χ3v) is 10.4. The van der Waals surface area contributed by atoms with Crippen molar-refractivity contribution >= 4 is 22.3 Å². The maximum absolute atomic E-state index is 14.9. The first-order valence-corrected chi connectivity index (χ1v) is 13.5. The van der Waals surface area contributed by atoms with E-state index in [0.717, 1.165) is 22.0 Å². The second-order valence-corrected chi connectivity index (χ2v) is 12.5. The number of ether oxygens (including phenoxy) is 1. The van der Waals surface area contributed by atoms with Gasteiger partial charge in [-0.25, -0.2) is 0 Å². The largest absolute Gasteiger partial charge is 0.413 e. The van der Waals surface area contributed by atoms with Crippen molar-refractivity contribution in [3.8, 4) is 0 Å². The predicted octanol–water partition coefficient (Wildman–Crippen LogP) is 4.10. The number of H-pyrrole nitrogens is 1. The first-order valence-electron chi connectivity index (χ1n) is 13.5. The molecular weight excluding hydrogens is 509 g/mol. The van der Waals surface area contributed by atoms with Crippen LogP contribution in [0.1, 0.15) is 44.6 Å². The maximum Gasteiger partial charge on any atom is 0.413 e. The number of rotatable bonds is 2. The molecule has 2 aromatic rings. The summed E-state index contributed by atoms with van der Waals surface area (Å²) in [5.74, 6) is 0.143. The van der Waals surface area contributed by atoms with Crippen LogP contribution in [0.5, 0.6) is 0 Å². The minimum absolute atomic E-state index is 0.138. The third kappa shape index (κ3) is 3.17. The minimum atomic E-state index is -4.57. The summed E-state index contributed by atoms with van der Waals surface area (Å²) in [5, 5.41) is 29.7. The minimum Gasteiger partial charge on any atom is -0.388 e. The Morgan fingerprint density at radius 1 is 1.21 bits per heavy atom. The number of hydrogen-bond donors (Lipinski definition) is 4. The van der Waals surface area contributed by atoms with Crippen molar-refractivity contribution in [1.82, 2.24) is 15.1 Å². The molecule has 1 unspecified atom stereocenters. The van der Waals surface area contributed by atoms with Gasteiger partial charge in [-0.2, -0.15) is 18.3 Å². The van der Waals surface area contributed by atoms with Gasteiger partial charge in [0.1, 0.15) is 6.10 Å². The lowest BCUT2D eigenvalue weighted by molar-refractivity contribution is -0.170. The van der Waals surface area contributed by atoms with Crippen LogP contribution >= 0.6 is 0 Å². The van der Waals surface area contributed by atoms with Crippen molar-refractivity contribution in [2.24, 2.45) is 11.3 Å². The van der Waals surface area contributed by atoms with Crippen molar-refractivity contribution in [3.05, 3.63) is 52.6 Å². The molecule has 208 valence electrons. The van der Waals surface area contributed by atoms with Crippen molar-refractivity contribution in [2.75, 3.05) is 19.8 Å². The van der Waals surface area contributed by atoms with Crippen LogP contribution < -0.4 is 5.73 Å². The number of likely N-dealkylation sites (N-methyl/N-ethyl adjacent to an activating group) is 1. The zero-order valence-corrected chi connectivity index (χ0v) is 22.1. The number of aliphatic hydroxyl groups excluding tert-OH is 2. The van der Waals surface area contributed by atoms with E-state index in [0.29, 0.717) is 37.1 Å². The summed E-state index contributed by atoms with van der Waals surface area (Å²) >= 11 is 0. The number of nitrogens with zero attached hydrogens (tertiary/aromatic N) is 2. The van der Waals surface area contributed by atoms with Crippen molar-refractivity contribution in [3.63, 3.8) is 0 Å². The van der Waals surface area contributed by atoms with E-state index in [9.17, 15) is 23.4 Å². The summed E-state index contributed by atoms with van der Waals surface area (Å²) in [5.41, 5.74) is 5.60. The lowest BCUT2D eigenvalue weighted by Crippen LogP contribution is -2.62. The quantitative estimate of drug-likeness (QED) is 0.455. The van der Waals surface area contributed by atoms with Crippen molar-refractivity contribution < 1.29 is 28.1 Å². The molecule has 5 N–H and O–H groups in total. The van der Waals surface area contributed by atoms with Gasteiger partial charge in [0.15, 0.2) is 5.82 Å². The monoisotopic (exact) mass is 542 g/mol. The molecule has 1 saturated carbocycles. The number of allylic oxidation sites excluding steroid dienone is 3.